The number of rotatable bonds is 16. The van der Waals surface area contributed by atoms with Crippen molar-refractivity contribution >= 4 is 76.7 Å². The third kappa shape index (κ3) is 9.22. The van der Waals surface area contributed by atoms with Gasteiger partial charge in [-0.2, -0.15) is 32.1 Å². The molecule has 2 unspecified atom stereocenters. The van der Waals surface area contributed by atoms with Crippen molar-refractivity contribution in [2.45, 2.75) is 106 Å². The Morgan fingerprint density at radius 2 is 1.67 bits per heavy atom. The van der Waals surface area contributed by atoms with E-state index in [1.54, 1.807) is 13.8 Å². The van der Waals surface area contributed by atoms with Crippen molar-refractivity contribution in [2.75, 3.05) is 11.0 Å². The standard InChI is InChI=1S/C41H38ClF9IN7O5S2/c1-39(2,66(63,64)21-4-5-21)9-8-28-27(52)15-23(22-6-7-26(42)33-35(22)58(16-30(45)46)56-38(33)57-65(3,61)62)34(54-28)29(12-18-10-19(43)13-20(44)11-18)53-31(60)17-59-37-32(36(55-59)41(49,50)51)24-14-25(24)40(37,47)48/h6-7,10-11,13,15,21,24-25,29-30H,4-5,8-9,12,14,16-17H2,1-3H3,(H,53,60)(H,56,57)/t24?,25?,29-/m0/s1. The number of pyridine rings is 1. The molecule has 0 aliphatic heterocycles. The molecule has 0 bridgehead atoms. The van der Waals surface area contributed by atoms with Crippen LogP contribution in [-0.4, -0.2) is 70.0 Å². The molecule has 2 fully saturated rings. The van der Waals surface area contributed by atoms with E-state index in [0.29, 0.717) is 22.5 Å². The number of carbonyl (C=O) groups excluding carboxylic acids is 1. The van der Waals surface area contributed by atoms with Crippen LogP contribution in [0, 0.1) is 21.1 Å². The van der Waals surface area contributed by atoms with E-state index in [1.165, 1.54) is 18.2 Å². The van der Waals surface area contributed by atoms with Crippen LogP contribution in [0.2, 0.25) is 5.02 Å². The van der Waals surface area contributed by atoms with E-state index in [1.807, 2.05) is 22.6 Å². The molecule has 5 aromatic rings. The Morgan fingerprint density at radius 3 is 2.27 bits per heavy atom. The number of amides is 1. The van der Waals surface area contributed by atoms with Gasteiger partial charge in [0.1, 0.15) is 30.4 Å². The molecule has 8 rings (SSSR count). The van der Waals surface area contributed by atoms with Crippen LogP contribution >= 0.6 is 34.2 Å². The lowest BCUT2D eigenvalue weighted by Gasteiger charge is -2.26. The fourth-order valence-electron chi connectivity index (χ4n) is 8.75. The monoisotopic (exact) mass is 1110 g/mol. The van der Waals surface area contributed by atoms with Crippen molar-refractivity contribution in [3.8, 4) is 11.1 Å². The summed E-state index contributed by atoms with van der Waals surface area (Å²) < 4.78 is 186. The number of carbonyl (C=O) groups is 1. The van der Waals surface area contributed by atoms with Crippen molar-refractivity contribution in [3.63, 3.8) is 0 Å². The molecule has 2 saturated carbocycles. The molecule has 1 amide bonds. The van der Waals surface area contributed by atoms with Crippen LogP contribution < -0.4 is 10.0 Å². The zero-order chi connectivity index (χ0) is 48.2. The quantitative estimate of drug-likeness (QED) is 0.0732. The highest BCUT2D eigenvalue weighted by molar-refractivity contribution is 14.1. The average Bonchev–Trinajstić information content (AvgIpc) is 4.10. The van der Waals surface area contributed by atoms with Gasteiger partial charge in [0.25, 0.3) is 12.3 Å². The Labute approximate surface area is 390 Å². The molecular formula is C41H38ClF9IN7O5S2. The summed E-state index contributed by atoms with van der Waals surface area (Å²) in [7, 11) is -7.71. The molecule has 3 aliphatic rings. The summed E-state index contributed by atoms with van der Waals surface area (Å²) in [5, 5.41) is 9.32. The molecule has 356 valence electrons. The van der Waals surface area contributed by atoms with Gasteiger partial charge in [0.05, 0.1) is 49.6 Å². The predicted octanol–water partition coefficient (Wildman–Crippen LogP) is 9.08. The first-order valence-electron chi connectivity index (χ1n) is 20.3. The Kier molecular flexibility index (Phi) is 12.3. The van der Waals surface area contributed by atoms with Crippen LogP contribution in [0.25, 0.3) is 22.0 Å². The maximum absolute atomic E-state index is 15.6. The molecule has 0 radical (unpaired) electrons. The maximum atomic E-state index is 15.6. The van der Waals surface area contributed by atoms with Crippen LogP contribution in [0.3, 0.4) is 0 Å². The summed E-state index contributed by atoms with van der Waals surface area (Å²) in [5.74, 6) is -10.0. The molecule has 66 heavy (non-hydrogen) atoms. The molecule has 2 aromatic carbocycles. The van der Waals surface area contributed by atoms with E-state index < -0.39 is 126 Å². The zero-order valence-electron chi connectivity index (χ0n) is 34.8. The number of aryl methyl sites for hydroxylation is 1. The number of alkyl halides is 7. The number of nitrogens with one attached hydrogen (secondary N) is 2. The van der Waals surface area contributed by atoms with Crippen LogP contribution in [-0.2, 0) is 62.7 Å². The average molecular weight is 1110 g/mol. The third-order valence-electron chi connectivity index (χ3n) is 12.0. The normalized spacial score (nSPS) is 18.7. The van der Waals surface area contributed by atoms with Crippen LogP contribution in [0.5, 0.6) is 0 Å². The number of hydrogen-bond acceptors (Lipinski definition) is 8. The third-order valence-corrected chi connectivity index (χ3v) is 16.9. The van der Waals surface area contributed by atoms with Gasteiger partial charge in [-0.25, -0.2) is 34.4 Å². The van der Waals surface area contributed by atoms with Gasteiger partial charge in [0, 0.05) is 32.2 Å². The highest BCUT2D eigenvalue weighted by Crippen LogP contribution is 2.68. The number of anilines is 1. The largest absolute Gasteiger partial charge is 0.435 e. The SMILES string of the molecule is CC(C)(CCc1nc([C@H](Cc2cc(F)cc(F)c2)NC(=O)Cn2nc(C(F)(F)F)c3c2C(F)(F)C2CC32)c(-c2ccc(Cl)c3c(NS(C)(=O)=O)nn(CC(F)F)c23)cc1I)S(=O)(=O)C1CC1. The Balaban J connectivity index is 1.31. The highest BCUT2D eigenvalue weighted by Gasteiger charge is 2.68. The molecule has 25 heteroatoms. The molecule has 2 N–H and O–H groups in total. The number of hydrogen-bond donors (Lipinski definition) is 2. The van der Waals surface area contributed by atoms with E-state index in [4.69, 9.17) is 16.6 Å². The number of halogens is 11. The fraction of sp³-hybridized carbons (Fsp3) is 0.463. The molecule has 0 saturated heterocycles. The molecular weight excluding hydrogens is 1070 g/mol. The second-order valence-corrected chi connectivity index (χ2v) is 23.6. The first-order valence-corrected chi connectivity index (χ1v) is 25.2. The van der Waals surface area contributed by atoms with E-state index in [2.05, 4.69) is 20.2 Å². The zero-order valence-corrected chi connectivity index (χ0v) is 39.3. The Bertz CT molecular complexity index is 3010. The number of nitrogens with zero attached hydrogens (tertiary/aromatic N) is 5. The van der Waals surface area contributed by atoms with E-state index >= 15 is 8.78 Å². The van der Waals surface area contributed by atoms with Crippen molar-refractivity contribution < 1.29 is 61.1 Å². The second kappa shape index (κ2) is 16.8. The minimum atomic E-state index is -5.15. The van der Waals surface area contributed by atoms with Gasteiger partial charge in [0.15, 0.2) is 21.3 Å². The lowest BCUT2D eigenvalue weighted by molar-refractivity contribution is -0.142. The number of sulfone groups is 1. The van der Waals surface area contributed by atoms with Crippen molar-refractivity contribution in [3.05, 3.63) is 90.5 Å². The van der Waals surface area contributed by atoms with Gasteiger partial charge >= 0.3 is 6.18 Å². The van der Waals surface area contributed by atoms with Gasteiger partial charge < -0.3 is 5.32 Å². The summed E-state index contributed by atoms with van der Waals surface area (Å²) in [6.07, 6.45) is -7.15. The van der Waals surface area contributed by atoms with Gasteiger partial charge in [-0.15, -0.1) is 0 Å². The Hall–Kier alpha value is -4.17. The summed E-state index contributed by atoms with van der Waals surface area (Å²) in [6.45, 7) is 0.837. The van der Waals surface area contributed by atoms with Crippen molar-refractivity contribution in [2.24, 2.45) is 5.92 Å². The smallest absolute Gasteiger partial charge is 0.346 e. The number of benzene rings is 2. The molecule has 3 aromatic heterocycles. The topological polar surface area (TPSA) is 158 Å². The van der Waals surface area contributed by atoms with E-state index in [0.717, 1.165) is 23.1 Å². The Morgan fingerprint density at radius 1 is 1.00 bits per heavy atom. The van der Waals surface area contributed by atoms with Gasteiger partial charge in [-0.1, -0.05) is 17.7 Å². The molecule has 12 nitrogen and oxygen atoms in total. The highest BCUT2D eigenvalue weighted by atomic mass is 127. The van der Waals surface area contributed by atoms with Crippen LogP contribution in [0.1, 0.15) is 85.4 Å². The number of aromatic nitrogens is 5. The van der Waals surface area contributed by atoms with Crippen molar-refractivity contribution in [1.82, 2.24) is 29.9 Å². The first-order chi connectivity index (χ1) is 30.6. The van der Waals surface area contributed by atoms with Crippen LogP contribution in [0.4, 0.5) is 45.3 Å². The molecule has 3 heterocycles. The summed E-state index contributed by atoms with van der Waals surface area (Å²) in [6, 6.07) is 5.02. The van der Waals surface area contributed by atoms with Gasteiger partial charge in [0.2, 0.25) is 15.9 Å². The molecule has 3 aliphatic carbocycles. The molecule has 0 spiro atoms. The van der Waals surface area contributed by atoms with E-state index in [-0.39, 0.29) is 67.9 Å². The van der Waals surface area contributed by atoms with Gasteiger partial charge in [-0.3, -0.25) is 23.9 Å². The summed E-state index contributed by atoms with van der Waals surface area (Å²) >= 11 is 8.50. The fourth-order valence-corrected chi connectivity index (χ4v) is 12.2. The minimum Gasteiger partial charge on any atom is -0.346 e. The van der Waals surface area contributed by atoms with Gasteiger partial charge in [-0.05, 0) is 111 Å². The predicted molar refractivity (Wildman–Crippen MR) is 232 cm³/mol. The number of fused-ring (bicyclic) bond motifs is 4. The summed E-state index contributed by atoms with van der Waals surface area (Å²) in [5.41, 5.74) is -3.48. The maximum Gasteiger partial charge on any atom is 0.435 e. The second-order valence-electron chi connectivity index (χ2n) is 17.4. The first kappa shape index (κ1) is 48.3. The summed E-state index contributed by atoms with van der Waals surface area (Å²) in [4.78, 5) is 19.1. The van der Waals surface area contributed by atoms with E-state index in [9.17, 15) is 52.4 Å². The number of sulfonamides is 1. The lowest BCUT2D eigenvalue weighted by Crippen LogP contribution is -2.36. The lowest BCUT2D eigenvalue weighted by atomic mass is 9.93. The van der Waals surface area contributed by atoms with Crippen molar-refractivity contribution in [1.29, 1.82) is 0 Å². The molecule has 3 atom stereocenters. The minimum absolute atomic E-state index is 0.0102. The van der Waals surface area contributed by atoms with Crippen LogP contribution in [0.15, 0.2) is 36.4 Å².